The molecule has 3 aromatic rings. The zero-order chi connectivity index (χ0) is 20.3. The summed E-state index contributed by atoms with van der Waals surface area (Å²) >= 11 is 0. The Morgan fingerprint density at radius 3 is 2.43 bits per heavy atom. The lowest BCUT2D eigenvalue weighted by atomic mass is 10.0. The Hall–Kier alpha value is -3.23. The third-order valence-corrected chi connectivity index (χ3v) is 4.32. The number of rotatable bonds is 6. The quantitative estimate of drug-likeness (QED) is 0.662. The number of hydrogen-bond acceptors (Lipinski definition) is 5. The number of alkyl halides is 3. The van der Waals surface area contributed by atoms with Crippen LogP contribution in [0.15, 0.2) is 42.9 Å². The van der Waals surface area contributed by atoms with Crippen molar-refractivity contribution in [1.29, 1.82) is 0 Å². The van der Waals surface area contributed by atoms with Crippen LogP contribution < -0.4 is 11.1 Å². The molecular formula is C19H18F3N5O. The number of fused-ring (bicyclic) bond motifs is 1. The Morgan fingerprint density at radius 2 is 1.82 bits per heavy atom. The third kappa shape index (κ3) is 4.03. The summed E-state index contributed by atoms with van der Waals surface area (Å²) in [5, 5.41) is 3.22. The number of carbonyl (C=O) groups is 1. The van der Waals surface area contributed by atoms with Crippen molar-refractivity contribution in [3.8, 4) is 0 Å². The van der Waals surface area contributed by atoms with E-state index in [1.165, 1.54) is 30.7 Å². The van der Waals surface area contributed by atoms with E-state index in [0.29, 0.717) is 28.8 Å². The molecule has 3 N–H and O–H groups in total. The number of carbonyl (C=O) groups excluding carboxylic acids is 1. The third-order valence-electron chi connectivity index (χ3n) is 4.32. The van der Waals surface area contributed by atoms with Gasteiger partial charge in [-0.2, -0.15) is 13.2 Å². The van der Waals surface area contributed by atoms with Crippen molar-refractivity contribution in [2.75, 3.05) is 5.32 Å². The number of halogens is 3. The minimum absolute atomic E-state index is 0.219. The minimum Gasteiger partial charge on any atom is -0.366 e. The molecule has 0 saturated carbocycles. The first-order valence-electron chi connectivity index (χ1n) is 8.64. The number of anilines is 1. The van der Waals surface area contributed by atoms with Crippen LogP contribution in [0.25, 0.3) is 11.0 Å². The Bertz CT molecular complexity index is 989. The van der Waals surface area contributed by atoms with Gasteiger partial charge in [0.15, 0.2) is 5.82 Å². The predicted octanol–water partition coefficient (Wildman–Crippen LogP) is 4.10. The zero-order valence-corrected chi connectivity index (χ0v) is 15.0. The number of primary amides is 1. The van der Waals surface area contributed by atoms with E-state index in [9.17, 15) is 18.0 Å². The number of nitrogens with one attached hydrogen (secondary N) is 1. The lowest BCUT2D eigenvalue weighted by Gasteiger charge is -2.20. The predicted molar refractivity (Wildman–Crippen MR) is 98.6 cm³/mol. The lowest BCUT2D eigenvalue weighted by molar-refractivity contribution is -0.137. The van der Waals surface area contributed by atoms with Gasteiger partial charge in [0.2, 0.25) is 0 Å². The number of nitrogens with zero attached hydrogens (tertiary/aromatic N) is 3. The van der Waals surface area contributed by atoms with Gasteiger partial charge in [-0.25, -0.2) is 9.97 Å². The summed E-state index contributed by atoms with van der Waals surface area (Å²) in [6, 6.07) is 6.19. The first kappa shape index (κ1) is 19.5. The highest BCUT2D eigenvalue weighted by Gasteiger charge is 2.30. The van der Waals surface area contributed by atoms with Crippen molar-refractivity contribution < 1.29 is 18.0 Å². The summed E-state index contributed by atoms with van der Waals surface area (Å²) in [5.41, 5.74) is 6.27. The van der Waals surface area contributed by atoms with E-state index in [0.717, 1.165) is 18.6 Å². The Labute approximate surface area is 159 Å². The van der Waals surface area contributed by atoms with Crippen LogP contribution in [0.1, 0.15) is 47.3 Å². The van der Waals surface area contributed by atoms with E-state index >= 15 is 0 Å². The number of benzene rings is 1. The average molecular weight is 389 g/mol. The molecule has 3 rings (SSSR count). The summed E-state index contributed by atoms with van der Waals surface area (Å²) in [4.78, 5) is 24.1. The van der Waals surface area contributed by atoms with Crippen molar-refractivity contribution in [3.05, 3.63) is 59.5 Å². The zero-order valence-electron chi connectivity index (χ0n) is 15.0. The maximum atomic E-state index is 12.8. The van der Waals surface area contributed by atoms with Crippen molar-refractivity contribution in [1.82, 2.24) is 15.0 Å². The van der Waals surface area contributed by atoms with Crippen LogP contribution in [0.2, 0.25) is 0 Å². The molecule has 6 nitrogen and oxygen atoms in total. The van der Waals surface area contributed by atoms with E-state index in [1.54, 1.807) is 0 Å². The molecule has 1 amide bonds. The molecule has 146 valence electrons. The minimum atomic E-state index is -4.38. The van der Waals surface area contributed by atoms with E-state index in [-0.39, 0.29) is 11.6 Å². The monoisotopic (exact) mass is 389 g/mol. The number of amides is 1. The van der Waals surface area contributed by atoms with Crippen LogP contribution in [-0.4, -0.2) is 20.9 Å². The molecule has 0 saturated heterocycles. The van der Waals surface area contributed by atoms with Gasteiger partial charge in [-0.3, -0.25) is 9.78 Å². The topological polar surface area (TPSA) is 93.8 Å². The molecular weight excluding hydrogens is 371 g/mol. The molecule has 2 heterocycles. The first-order valence-corrected chi connectivity index (χ1v) is 8.64. The summed E-state index contributed by atoms with van der Waals surface area (Å²) in [7, 11) is 0. The van der Waals surface area contributed by atoms with Crippen LogP contribution >= 0.6 is 0 Å². The molecule has 1 atom stereocenters. The Balaban J connectivity index is 1.97. The highest BCUT2D eigenvalue weighted by Crippen LogP contribution is 2.32. The SMILES string of the molecule is CCC[C@@H](Nc1ncnc2c(C(N)=O)ccnc12)c1ccc(C(F)(F)F)cc1. The number of aromatic nitrogens is 3. The van der Waals surface area contributed by atoms with Gasteiger partial charge in [-0.05, 0) is 30.2 Å². The van der Waals surface area contributed by atoms with Gasteiger partial charge in [0.25, 0.3) is 5.91 Å². The Kier molecular flexibility index (Phi) is 5.43. The van der Waals surface area contributed by atoms with Crippen molar-refractivity contribution in [3.63, 3.8) is 0 Å². The maximum absolute atomic E-state index is 12.8. The Morgan fingerprint density at radius 1 is 1.11 bits per heavy atom. The fourth-order valence-electron chi connectivity index (χ4n) is 2.95. The van der Waals surface area contributed by atoms with Gasteiger partial charge >= 0.3 is 6.18 Å². The second-order valence-electron chi connectivity index (χ2n) is 6.25. The van der Waals surface area contributed by atoms with Crippen molar-refractivity contribution >= 4 is 22.8 Å². The molecule has 0 unspecified atom stereocenters. The van der Waals surface area contributed by atoms with Gasteiger partial charge in [0.05, 0.1) is 17.2 Å². The van der Waals surface area contributed by atoms with Crippen molar-refractivity contribution in [2.45, 2.75) is 32.0 Å². The molecule has 1 aromatic carbocycles. The normalized spacial score (nSPS) is 12.7. The first-order chi connectivity index (χ1) is 13.3. The number of hydrogen-bond donors (Lipinski definition) is 2. The van der Waals surface area contributed by atoms with E-state index in [2.05, 4.69) is 20.3 Å². The van der Waals surface area contributed by atoms with Crippen LogP contribution in [0.5, 0.6) is 0 Å². The van der Waals surface area contributed by atoms with Crippen LogP contribution in [0.4, 0.5) is 19.0 Å². The average Bonchev–Trinajstić information content (AvgIpc) is 2.66. The highest BCUT2D eigenvalue weighted by atomic mass is 19.4. The maximum Gasteiger partial charge on any atom is 0.416 e. The molecule has 0 spiro atoms. The number of nitrogens with two attached hydrogens (primary N) is 1. The highest BCUT2D eigenvalue weighted by molar-refractivity contribution is 6.05. The molecule has 0 aliphatic rings. The van der Waals surface area contributed by atoms with Gasteiger partial charge in [-0.1, -0.05) is 25.5 Å². The van der Waals surface area contributed by atoms with Gasteiger partial charge < -0.3 is 11.1 Å². The van der Waals surface area contributed by atoms with E-state index in [1.807, 2.05) is 6.92 Å². The second kappa shape index (κ2) is 7.79. The standard InChI is InChI=1S/C19H18F3N5O/c1-2-3-14(11-4-6-12(7-5-11)19(20,21)22)27-18-16-15(25-10-26-18)13(17(23)28)8-9-24-16/h4-10,14H,2-3H2,1H3,(H2,23,28)(H,25,26,27)/t14-/m1/s1. The van der Waals surface area contributed by atoms with E-state index < -0.39 is 17.6 Å². The molecule has 0 aliphatic heterocycles. The lowest BCUT2D eigenvalue weighted by Crippen LogP contribution is -2.15. The molecule has 0 radical (unpaired) electrons. The summed E-state index contributed by atoms with van der Waals surface area (Å²) in [5.74, 6) is -0.253. The second-order valence-corrected chi connectivity index (χ2v) is 6.25. The van der Waals surface area contributed by atoms with E-state index in [4.69, 9.17) is 5.73 Å². The fourth-order valence-corrected chi connectivity index (χ4v) is 2.95. The van der Waals surface area contributed by atoms with Crippen LogP contribution in [0.3, 0.4) is 0 Å². The summed E-state index contributed by atoms with van der Waals surface area (Å²) in [6.07, 6.45) is -0.212. The van der Waals surface area contributed by atoms with Gasteiger partial charge in [0.1, 0.15) is 17.4 Å². The number of pyridine rings is 1. The molecule has 0 bridgehead atoms. The molecule has 2 aromatic heterocycles. The summed E-state index contributed by atoms with van der Waals surface area (Å²) in [6.45, 7) is 1.97. The van der Waals surface area contributed by atoms with Gasteiger partial charge in [0, 0.05) is 6.20 Å². The van der Waals surface area contributed by atoms with Crippen LogP contribution in [0, 0.1) is 0 Å². The fraction of sp³-hybridized carbons (Fsp3) is 0.263. The molecule has 28 heavy (non-hydrogen) atoms. The summed E-state index contributed by atoms with van der Waals surface area (Å²) < 4.78 is 38.4. The largest absolute Gasteiger partial charge is 0.416 e. The smallest absolute Gasteiger partial charge is 0.366 e. The molecule has 0 fully saturated rings. The molecule has 9 heteroatoms. The van der Waals surface area contributed by atoms with Crippen molar-refractivity contribution in [2.24, 2.45) is 5.73 Å². The molecule has 0 aliphatic carbocycles. The van der Waals surface area contributed by atoms with Crippen LogP contribution in [-0.2, 0) is 6.18 Å². The van der Waals surface area contributed by atoms with Gasteiger partial charge in [-0.15, -0.1) is 0 Å².